The van der Waals surface area contributed by atoms with Gasteiger partial charge in [0.25, 0.3) is 0 Å². The van der Waals surface area contributed by atoms with Crippen molar-refractivity contribution >= 4 is 0 Å². The molecule has 1 fully saturated rings. The topological polar surface area (TPSA) is 132 Å². The standard InChI is InChI=1S/C7H17N3O6/c8-2-1-5-3-6(15-9(11)12)7(4-5)16-10(13)14/h5-7,11-14H,1-4,8H2/t5?,6-,7+. The van der Waals surface area contributed by atoms with Crippen molar-refractivity contribution in [3.8, 4) is 0 Å². The third-order valence-corrected chi connectivity index (χ3v) is 2.58. The van der Waals surface area contributed by atoms with Gasteiger partial charge in [-0.1, -0.05) is 0 Å². The lowest BCUT2D eigenvalue weighted by atomic mass is 10.0. The Bertz CT molecular complexity index is 187. The molecule has 0 aromatic heterocycles. The lowest BCUT2D eigenvalue weighted by molar-refractivity contribution is -0.535. The van der Waals surface area contributed by atoms with Crippen LogP contribution in [0.4, 0.5) is 0 Å². The van der Waals surface area contributed by atoms with E-state index in [1.807, 2.05) is 0 Å². The van der Waals surface area contributed by atoms with Crippen LogP contribution in [0.5, 0.6) is 0 Å². The van der Waals surface area contributed by atoms with Gasteiger partial charge in [-0.3, -0.25) is 20.8 Å². The molecule has 0 aromatic carbocycles. The SMILES string of the molecule is NCCC1C[C@H](ON(O)O)[C@H](ON(O)O)C1. The average Bonchev–Trinajstić information content (AvgIpc) is 2.46. The summed E-state index contributed by atoms with van der Waals surface area (Å²) in [5, 5.41) is 33.3. The van der Waals surface area contributed by atoms with Crippen molar-refractivity contribution in [3.05, 3.63) is 0 Å². The van der Waals surface area contributed by atoms with Gasteiger partial charge in [0.2, 0.25) is 0 Å². The highest BCUT2D eigenvalue weighted by Gasteiger charge is 2.38. The van der Waals surface area contributed by atoms with Gasteiger partial charge in [0.1, 0.15) is 12.2 Å². The molecule has 96 valence electrons. The van der Waals surface area contributed by atoms with E-state index < -0.39 is 23.0 Å². The van der Waals surface area contributed by atoms with E-state index >= 15 is 0 Å². The first kappa shape index (κ1) is 13.7. The lowest BCUT2D eigenvalue weighted by Gasteiger charge is -2.21. The molecular formula is C7H17N3O6. The highest BCUT2D eigenvalue weighted by Crippen LogP contribution is 2.32. The zero-order chi connectivity index (χ0) is 12.1. The van der Waals surface area contributed by atoms with Crippen LogP contribution in [-0.4, -0.2) is 50.4 Å². The Balaban J connectivity index is 2.49. The van der Waals surface area contributed by atoms with Gasteiger partial charge in [0.05, 0.1) is 10.8 Å². The molecule has 1 unspecified atom stereocenters. The molecule has 0 aliphatic heterocycles. The van der Waals surface area contributed by atoms with Crippen molar-refractivity contribution in [2.75, 3.05) is 6.54 Å². The molecule has 6 N–H and O–H groups in total. The van der Waals surface area contributed by atoms with Gasteiger partial charge in [-0.25, -0.2) is 9.68 Å². The third kappa shape index (κ3) is 4.25. The van der Waals surface area contributed by atoms with Crippen molar-refractivity contribution in [2.45, 2.75) is 31.5 Å². The molecule has 0 spiro atoms. The van der Waals surface area contributed by atoms with E-state index in [0.29, 0.717) is 19.4 Å². The van der Waals surface area contributed by atoms with Crippen LogP contribution in [0.3, 0.4) is 0 Å². The summed E-state index contributed by atoms with van der Waals surface area (Å²) in [5.41, 5.74) is 5.40. The first-order chi connectivity index (χ1) is 7.52. The fraction of sp³-hybridized carbons (Fsp3) is 1.00. The fourth-order valence-corrected chi connectivity index (χ4v) is 1.99. The molecule has 0 aromatic rings. The zero-order valence-electron chi connectivity index (χ0n) is 8.64. The maximum Gasteiger partial charge on any atom is 0.113 e. The quantitative estimate of drug-likeness (QED) is 0.389. The van der Waals surface area contributed by atoms with Crippen LogP contribution in [0, 0.1) is 5.92 Å². The van der Waals surface area contributed by atoms with Gasteiger partial charge in [0.15, 0.2) is 0 Å². The highest BCUT2D eigenvalue weighted by molar-refractivity contribution is 4.84. The van der Waals surface area contributed by atoms with E-state index in [0.717, 1.165) is 6.42 Å². The van der Waals surface area contributed by atoms with Gasteiger partial charge < -0.3 is 5.73 Å². The lowest BCUT2D eigenvalue weighted by Crippen LogP contribution is -2.35. The maximum atomic E-state index is 8.53. The van der Waals surface area contributed by atoms with Crippen LogP contribution in [0.1, 0.15) is 19.3 Å². The molecule has 0 bridgehead atoms. The summed E-state index contributed by atoms with van der Waals surface area (Å²) in [6, 6.07) is 0. The minimum Gasteiger partial charge on any atom is -0.330 e. The molecule has 9 heteroatoms. The van der Waals surface area contributed by atoms with Crippen LogP contribution in [0.15, 0.2) is 0 Å². The number of nitrogens with zero attached hydrogens (tertiary/aromatic N) is 2. The second-order valence-electron chi connectivity index (χ2n) is 3.71. The molecule has 9 nitrogen and oxygen atoms in total. The summed E-state index contributed by atoms with van der Waals surface area (Å²) in [4.78, 5) is 9.26. The second kappa shape index (κ2) is 6.39. The predicted molar refractivity (Wildman–Crippen MR) is 47.0 cm³/mol. The molecule has 3 atom stereocenters. The van der Waals surface area contributed by atoms with E-state index in [9.17, 15) is 0 Å². The Morgan fingerprint density at radius 2 is 1.44 bits per heavy atom. The van der Waals surface area contributed by atoms with E-state index in [1.54, 1.807) is 0 Å². The van der Waals surface area contributed by atoms with Crippen molar-refractivity contribution < 1.29 is 30.5 Å². The molecule has 16 heavy (non-hydrogen) atoms. The number of hydrogen-bond acceptors (Lipinski definition) is 9. The maximum absolute atomic E-state index is 8.53. The Labute approximate surface area is 91.9 Å². The minimum absolute atomic E-state index is 0.180. The molecule has 0 radical (unpaired) electrons. The van der Waals surface area contributed by atoms with Gasteiger partial charge in [-0.15, -0.1) is 0 Å². The third-order valence-electron chi connectivity index (χ3n) is 2.58. The monoisotopic (exact) mass is 239 g/mol. The van der Waals surface area contributed by atoms with E-state index in [2.05, 4.69) is 9.68 Å². The van der Waals surface area contributed by atoms with E-state index in [4.69, 9.17) is 26.6 Å². The van der Waals surface area contributed by atoms with Crippen LogP contribution < -0.4 is 5.73 Å². The normalized spacial score (nSPS) is 30.6. The number of hydrogen-bond donors (Lipinski definition) is 5. The van der Waals surface area contributed by atoms with Crippen molar-refractivity contribution in [1.82, 2.24) is 10.8 Å². The molecule has 1 aliphatic carbocycles. The Morgan fingerprint density at radius 3 is 1.75 bits per heavy atom. The number of rotatable bonds is 6. The predicted octanol–water partition coefficient (Wildman–Crippen LogP) is -0.494. The Morgan fingerprint density at radius 1 is 1.00 bits per heavy atom. The highest BCUT2D eigenvalue weighted by atomic mass is 17.1. The zero-order valence-corrected chi connectivity index (χ0v) is 8.64. The van der Waals surface area contributed by atoms with Crippen LogP contribution in [-0.2, 0) is 9.68 Å². The van der Waals surface area contributed by atoms with Crippen molar-refractivity contribution in [1.29, 1.82) is 0 Å². The van der Waals surface area contributed by atoms with Crippen molar-refractivity contribution in [3.63, 3.8) is 0 Å². The molecular weight excluding hydrogens is 222 g/mol. The van der Waals surface area contributed by atoms with Crippen molar-refractivity contribution in [2.24, 2.45) is 11.7 Å². The molecule has 0 amide bonds. The number of nitrogens with two attached hydrogens (primary N) is 1. The smallest absolute Gasteiger partial charge is 0.113 e. The molecule has 1 saturated carbocycles. The summed E-state index contributed by atoms with van der Waals surface area (Å²) in [7, 11) is 0. The minimum atomic E-state index is -0.673. The van der Waals surface area contributed by atoms with Crippen LogP contribution in [0.25, 0.3) is 0 Å². The molecule has 0 heterocycles. The van der Waals surface area contributed by atoms with E-state index in [-0.39, 0.29) is 5.92 Å². The van der Waals surface area contributed by atoms with Crippen LogP contribution >= 0.6 is 0 Å². The average molecular weight is 239 g/mol. The largest absolute Gasteiger partial charge is 0.330 e. The van der Waals surface area contributed by atoms with Gasteiger partial charge >= 0.3 is 0 Å². The Kier molecular flexibility index (Phi) is 5.48. The Hall–Kier alpha value is -0.360. The van der Waals surface area contributed by atoms with Gasteiger partial charge in [-0.05, 0) is 31.7 Å². The van der Waals surface area contributed by atoms with E-state index in [1.165, 1.54) is 0 Å². The van der Waals surface area contributed by atoms with Gasteiger partial charge in [-0.2, -0.15) is 0 Å². The summed E-state index contributed by atoms with van der Waals surface area (Å²) in [6.07, 6.45) is 0.371. The summed E-state index contributed by atoms with van der Waals surface area (Å²) in [5.74, 6) is 0.180. The summed E-state index contributed by atoms with van der Waals surface area (Å²) in [6.45, 7) is 0.494. The summed E-state index contributed by atoms with van der Waals surface area (Å²) < 4.78 is 0. The van der Waals surface area contributed by atoms with Gasteiger partial charge in [0, 0.05) is 0 Å². The summed E-state index contributed by atoms with van der Waals surface area (Å²) >= 11 is 0. The first-order valence-electron chi connectivity index (χ1n) is 4.92. The molecule has 1 rings (SSSR count). The second-order valence-corrected chi connectivity index (χ2v) is 3.71. The first-order valence-corrected chi connectivity index (χ1v) is 4.92. The molecule has 1 aliphatic rings. The molecule has 0 saturated heterocycles. The van der Waals surface area contributed by atoms with Crippen LogP contribution in [0.2, 0.25) is 0 Å². The fourth-order valence-electron chi connectivity index (χ4n) is 1.99.